The van der Waals surface area contributed by atoms with E-state index in [2.05, 4.69) is 28.1 Å². The van der Waals surface area contributed by atoms with Crippen molar-refractivity contribution in [2.75, 3.05) is 0 Å². The van der Waals surface area contributed by atoms with Crippen molar-refractivity contribution in [2.45, 2.75) is 25.3 Å². The Morgan fingerprint density at radius 3 is 2.02 bits per heavy atom. The van der Waals surface area contributed by atoms with Crippen molar-refractivity contribution < 1.29 is 0 Å². The minimum absolute atomic E-state index is 0.548. The SMILES string of the molecule is Cc1cc(Cl)ccc1C#N.N#Cc1ccc(Cl)cc1CBr.N=C1c2ccc(Cl)cc2CN1Cc1cccc(Cl)c1. The smallest absolute Gasteiger partial charge is 0.129 e. The number of hydrogen-bond donors (Lipinski definition) is 1. The fourth-order valence-corrected chi connectivity index (χ4v) is 5.20. The predicted molar refractivity (Wildman–Crippen MR) is 169 cm³/mol. The maximum absolute atomic E-state index is 8.63. The molecule has 1 aliphatic rings. The van der Waals surface area contributed by atoms with Gasteiger partial charge in [0.1, 0.15) is 5.84 Å². The molecule has 0 aromatic heterocycles. The fraction of sp³-hybridized carbons (Fsp3) is 0.129. The van der Waals surface area contributed by atoms with E-state index in [-0.39, 0.29) is 0 Å². The van der Waals surface area contributed by atoms with Crippen molar-refractivity contribution in [1.29, 1.82) is 15.9 Å². The van der Waals surface area contributed by atoms with Gasteiger partial charge in [-0.25, -0.2) is 0 Å². The molecule has 1 aliphatic heterocycles. The molecule has 1 heterocycles. The highest BCUT2D eigenvalue weighted by atomic mass is 79.9. The highest BCUT2D eigenvalue weighted by Crippen LogP contribution is 2.27. The van der Waals surface area contributed by atoms with Crippen LogP contribution < -0.4 is 0 Å². The number of alkyl halides is 1. The lowest BCUT2D eigenvalue weighted by atomic mass is 10.1. The number of nitrogens with one attached hydrogen (secondary N) is 1. The maximum Gasteiger partial charge on any atom is 0.129 e. The van der Waals surface area contributed by atoms with Gasteiger partial charge in [-0.05, 0) is 95.9 Å². The van der Waals surface area contributed by atoms with Gasteiger partial charge in [0.2, 0.25) is 0 Å². The molecular formula is C31H23BrCl4N4. The molecule has 4 aromatic rings. The molecule has 0 amide bonds. The van der Waals surface area contributed by atoms with Gasteiger partial charge in [-0.15, -0.1) is 0 Å². The van der Waals surface area contributed by atoms with E-state index in [0.29, 0.717) is 38.9 Å². The molecule has 202 valence electrons. The molecule has 5 rings (SSSR count). The number of fused-ring (bicyclic) bond motifs is 1. The van der Waals surface area contributed by atoms with E-state index >= 15 is 0 Å². The monoisotopic (exact) mass is 670 g/mol. The van der Waals surface area contributed by atoms with E-state index in [0.717, 1.165) is 44.4 Å². The van der Waals surface area contributed by atoms with Crippen LogP contribution in [-0.2, 0) is 18.4 Å². The molecule has 0 atom stereocenters. The topological polar surface area (TPSA) is 74.7 Å². The molecular weight excluding hydrogens is 650 g/mol. The number of nitrogens with zero attached hydrogens (tertiary/aromatic N) is 3. The lowest BCUT2D eigenvalue weighted by Gasteiger charge is -2.18. The van der Waals surface area contributed by atoms with Gasteiger partial charge in [0.25, 0.3) is 0 Å². The first-order valence-electron chi connectivity index (χ1n) is 11.9. The average Bonchev–Trinajstić information content (AvgIpc) is 3.23. The minimum atomic E-state index is 0.548. The molecule has 0 saturated carbocycles. The Morgan fingerprint density at radius 1 is 0.800 bits per heavy atom. The van der Waals surface area contributed by atoms with Crippen LogP contribution in [0.4, 0.5) is 0 Å². The lowest BCUT2D eigenvalue weighted by molar-refractivity contribution is 0.422. The molecule has 0 saturated heterocycles. The zero-order valence-electron chi connectivity index (χ0n) is 21.4. The van der Waals surface area contributed by atoms with Crippen molar-refractivity contribution in [2.24, 2.45) is 0 Å². The third-order valence-electron chi connectivity index (χ3n) is 5.90. The van der Waals surface area contributed by atoms with Gasteiger partial charge in [0.15, 0.2) is 0 Å². The second-order valence-corrected chi connectivity index (χ2v) is 11.1. The number of rotatable bonds is 3. The number of halogens is 5. The lowest BCUT2D eigenvalue weighted by Crippen LogP contribution is -2.23. The number of aryl methyl sites for hydroxylation is 1. The summed E-state index contributed by atoms with van der Waals surface area (Å²) in [6.45, 7) is 3.28. The van der Waals surface area contributed by atoms with E-state index in [9.17, 15) is 0 Å². The van der Waals surface area contributed by atoms with E-state index in [1.54, 1.807) is 36.4 Å². The Bertz CT molecular complexity index is 1610. The molecule has 9 heteroatoms. The summed E-state index contributed by atoms with van der Waals surface area (Å²) < 4.78 is 0. The second kappa shape index (κ2) is 15.1. The van der Waals surface area contributed by atoms with Crippen LogP contribution in [0, 0.1) is 35.0 Å². The van der Waals surface area contributed by atoms with Gasteiger partial charge in [0.05, 0.1) is 23.3 Å². The summed E-state index contributed by atoms with van der Waals surface area (Å²) >= 11 is 26.6. The van der Waals surface area contributed by atoms with Crippen molar-refractivity contribution in [3.63, 3.8) is 0 Å². The summed E-state index contributed by atoms with van der Waals surface area (Å²) in [5.74, 6) is 0.548. The summed E-state index contributed by atoms with van der Waals surface area (Å²) in [6, 6.07) is 28.0. The van der Waals surface area contributed by atoms with Crippen LogP contribution >= 0.6 is 62.3 Å². The third-order valence-corrected chi connectivity index (χ3v) is 7.45. The quantitative estimate of drug-likeness (QED) is 0.220. The summed E-state index contributed by atoms with van der Waals surface area (Å²) in [5, 5.41) is 28.8. The van der Waals surface area contributed by atoms with Gasteiger partial charge in [-0.3, -0.25) is 5.41 Å². The van der Waals surface area contributed by atoms with E-state index < -0.39 is 0 Å². The summed E-state index contributed by atoms with van der Waals surface area (Å²) in [6.07, 6.45) is 0. The van der Waals surface area contributed by atoms with E-state index in [1.807, 2.05) is 54.3 Å². The zero-order valence-corrected chi connectivity index (χ0v) is 26.0. The Hall–Kier alpha value is -3.03. The largest absolute Gasteiger partial charge is 0.348 e. The van der Waals surface area contributed by atoms with Crippen molar-refractivity contribution in [3.8, 4) is 12.1 Å². The number of amidine groups is 1. The van der Waals surface area contributed by atoms with Gasteiger partial charge in [0, 0.05) is 44.1 Å². The van der Waals surface area contributed by atoms with Crippen LogP contribution in [-0.4, -0.2) is 10.7 Å². The van der Waals surface area contributed by atoms with Gasteiger partial charge in [-0.1, -0.05) is 74.5 Å². The first-order valence-corrected chi connectivity index (χ1v) is 14.6. The molecule has 0 unspecified atom stereocenters. The number of nitriles is 2. The van der Waals surface area contributed by atoms with Crippen LogP contribution in [0.1, 0.15) is 38.9 Å². The molecule has 0 fully saturated rings. The van der Waals surface area contributed by atoms with Crippen LogP contribution in [0.3, 0.4) is 0 Å². The highest BCUT2D eigenvalue weighted by Gasteiger charge is 2.24. The number of benzene rings is 4. The van der Waals surface area contributed by atoms with Crippen LogP contribution in [0.15, 0.2) is 78.9 Å². The minimum Gasteiger partial charge on any atom is -0.348 e. The second-order valence-electron chi connectivity index (χ2n) is 8.75. The summed E-state index contributed by atoms with van der Waals surface area (Å²) in [7, 11) is 0. The summed E-state index contributed by atoms with van der Waals surface area (Å²) in [5.41, 5.74) is 6.40. The van der Waals surface area contributed by atoms with Crippen LogP contribution in [0.2, 0.25) is 20.1 Å². The number of hydrogen-bond acceptors (Lipinski definition) is 3. The van der Waals surface area contributed by atoms with Crippen LogP contribution in [0.25, 0.3) is 0 Å². The Balaban J connectivity index is 0.000000180. The average molecular weight is 673 g/mol. The highest BCUT2D eigenvalue weighted by molar-refractivity contribution is 9.08. The standard InChI is InChI=1S/C15H12Cl2N2.C8H5BrClN.C8H6ClN/c16-12-3-1-2-10(6-12)8-19-9-11-7-13(17)4-5-14(11)15(19)18;9-4-7-3-8(10)2-1-6(7)5-11;1-6-4-8(9)3-2-7(6)5-10/h1-7,18H,8-9H2;1-3H,4H2;2-4H,1H3. The van der Waals surface area contributed by atoms with Gasteiger partial charge < -0.3 is 4.90 Å². The summed E-state index contributed by atoms with van der Waals surface area (Å²) in [4.78, 5) is 2.02. The maximum atomic E-state index is 8.63. The molecule has 0 radical (unpaired) electrons. The van der Waals surface area contributed by atoms with Gasteiger partial charge >= 0.3 is 0 Å². The van der Waals surface area contributed by atoms with Gasteiger partial charge in [-0.2, -0.15) is 10.5 Å². The zero-order chi connectivity index (χ0) is 29.2. The normalized spacial score (nSPS) is 11.3. The molecule has 40 heavy (non-hydrogen) atoms. The van der Waals surface area contributed by atoms with E-state index in [1.165, 1.54) is 0 Å². The molecule has 4 aromatic carbocycles. The first-order chi connectivity index (χ1) is 19.1. The molecule has 0 aliphatic carbocycles. The van der Waals surface area contributed by atoms with Crippen LogP contribution in [0.5, 0.6) is 0 Å². The fourth-order valence-electron chi connectivity index (χ4n) is 3.90. The van der Waals surface area contributed by atoms with Crippen molar-refractivity contribution in [3.05, 3.63) is 138 Å². The van der Waals surface area contributed by atoms with Crippen molar-refractivity contribution >= 4 is 68.2 Å². The van der Waals surface area contributed by atoms with Crippen molar-refractivity contribution in [1.82, 2.24) is 4.90 Å². The predicted octanol–water partition coefficient (Wildman–Crippen LogP) is 9.96. The molecule has 0 bridgehead atoms. The Morgan fingerprint density at radius 2 is 1.40 bits per heavy atom. The van der Waals surface area contributed by atoms with E-state index in [4.69, 9.17) is 62.3 Å². The third kappa shape index (κ3) is 8.73. The Kier molecular flexibility index (Phi) is 11.9. The Labute approximate surface area is 262 Å². The molecule has 0 spiro atoms. The molecule has 1 N–H and O–H groups in total. The first kappa shape index (κ1) is 31.5. The molecule has 4 nitrogen and oxygen atoms in total.